The number of ether oxygens (including phenoxy) is 1. The first kappa shape index (κ1) is 37.4. The lowest BCUT2D eigenvalue weighted by atomic mass is 10.0. The molecule has 0 bridgehead atoms. The van der Waals surface area contributed by atoms with Crippen LogP contribution in [-0.2, 0) is 14.3 Å². The zero-order valence-electron chi connectivity index (χ0n) is 25.9. The molecule has 0 spiro atoms. The Labute approximate surface area is 242 Å². The first-order valence-electron chi connectivity index (χ1n) is 16.8. The van der Waals surface area contributed by atoms with Gasteiger partial charge in [-0.15, -0.1) is 0 Å². The van der Waals surface area contributed by atoms with Gasteiger partial charge in [0, 0.05) is 12.8 Å². The van der Waals surface area contributed by atoms with Crippen molar-refractivity contribution in [2.24, 2.45) is 0 Å². The molecule has 0 heterocycles. The lowest BCUT2D eigenvalue weighted by Crippen LogP contribution is -2.17. The van der Waals surface area contributed by atoms with Gasteiger partial charge in [-0.05, 0) is 64.2 Å². The lowest BCUT2D eigenvalue weighted by molar-refractivity contribution is -0.149. The molecule has 0 radical (unpaired) electrons. The van der Waals surface area contributed by atoms with Crippen molar-refractivity contribution in [3.63, 3.8) is 0 Å². The second kappa shape index (κ2) is 31.0. The molecule has 4 nitrogen and oxygen atoms in total. The summed E-state index contributed by atoms with van der Waals surface area (Å²) < 4.78 is 5.74. The number of aliphatic carboxylic acids is 1. The van der Waals surface area contributed by atoms with Gasteiger partial charge in [-0.2, -0.15) is 0 Å². The average Bonchev–Trinajstić information content (AvgIpc) is 2.92. The zero-order valence-corrected chi connectivity index (χ0v) is 25.9. The quantitative estimate of drug-likeness (QED) is 0.0550. The van der Waals surface area contributed by atoms with Crippen LogP contribution in [-0.4, -0.2) is 23.1 Å². The lowest BCUT2D eigenvalue weighted by Gasteiger charge is -2.16. The molecule has 4 heteroatoms. The summed E-state index contributed by atoms with van der Waals surface area (Å²) in [5.41, 5.74) is 0. The third-order valence-electron chi connectivity index (χ3n) is 7.50. The van der Waals surface area contributed by atoms with Gasteiger partial charge in [0.1, 0.15) is 6.10 Å². The molecule has 0 aliphatic carbocycles. The first-order chi connectivity index (χ1) is 19.1. The third-order valence-corrected chi connectivity index (χ3v) is 7.50. The number of carbonyl (C=O) groups is 2. The van der Waals surface area contributed by atoms with E-state index in [1.165, 1.54) is 96.3 Å². The molecule has 0 aromatic carbocycles. The maximum atomic E-state index is 12.2. The Balaban J connectivity index is 3.48. The highest BCUT2D eigenvalue weighted by Gasteiger charge is 2.12. The van der Waals surface area contributed by atoms with Gasteiger partial charge in [0.15, 0.2) is 0 Å². The number of carboxylic acids is 1. The summed E-state index contributed by atoms with van der Waals surface area (Å²) in [6.07, 6.45) is 38.4. The van der Waals surface area contributed by atoms with Crippen molar-refractivity contribution in [3.8, 4) is 0 Å². The Kier molecular flexibility index (Phi) is 29.7. The maximum Gasteiger partial charge on any atom is 0.306 e. The van der Waals surface area contributed by atoms with Crippen molar-refractivity contribution in [2.45, 2.75) is 187 Å². The van der Waals surface area contributed by atoms with Crippen LogP contribution in [0.5, 0.6) is 0 Å². The summed E-state index contributed by atoms with van der Waals surface area (Å²) in [5, 5.41) is 8.64. The molecule has 0 saturated carbocycles. The van der Waals surface area contributed by atoms with Gasteiger partial charge in [0.05, 0.1) is 0 Å². The second-order valence-electron chi connectivity index (χ2n) is 11.3. The number of allylic oxidation sites excluding steroid dienone is 4. The van der Waals surface area contributed by atoms with Crippen molar-refractivity contribution >= 4 is 11.9 Å². The molecule has 0 aromatic rings. The van der Waals surface area contributed by atoms with E-state index in [4.69, 9.17) is 9.84 Å². The van der Waals surface area contributed by atoms with Crippen LogP contribution in [0.1, 0.15) is 181 Å². The van der Waals surface area contributed by atoms with Crippen LogP contribution in [0, 0.1) is 0 Å². The highest BCUT2D eigenvalue weighted by atomic mass is 16.5. The Morgan fingerprint density at radius 3 is 1.56 bits per heavy atom. The highest BCUT2D eigenvalue weighted by molar-refractivity contribution is 5.69. The van der Waals surface area contributed by atoms with Gasteiger partial charge in [0.2, 0.25) is 0 Å². The fourth-order valence-electron chi connectivity index (χ4n) is 4.91. The standard InChI is InChI=1S/C35H64O4/c1-3-5-6-7-8-9-10-11-12-13-14-15-16-20-23-26-29-32-35(38)39-33(4-2)30-27-24-21-18-17-19-22-25-28-31-34(36)37/h8-9,11-12,33H,3-7,10,13-32H2,1-2H3,(H,36,37)/b9-8-,12-11-. The van der Waals surface area contributed by atoms with Gasteiger partial charge in [-0.25, -0.2) is 0 Å². The minimum Gasteiger partial charge on any atom is -0.481 e. The molecule has 0 fully saturated rings. The molecule has 0 aromatic heterocycles. The van der Waals surface area contributed by atoms with Crippen LogP contribution in [0.15, 0.2) is 24.3 Å². The molecule has 0 saturated heterocycles. The van der Waals surface area contributed by atoms with Gasteiger partial charge in [0.25, 0.3) is 0 Å². The number of hydrogen-bond acceptors (Lipinski definition) is 3. The molecule has 0 aliphatic rings. The molecule has 1 atom stereocenters. The van der Waals surface area contributed by atoms with Crippen LogP contribution in [0.2, 0.25) is 0 Å². The smallest absolute Gasteiger partial charge is 0.306 e. The Morgan fingerprint density at radius 1 is 0.590 bits per heavy atom. The number of unbranched alkanes of at least 4 members (excludes halogenated alkanes) is 18. The fourth-order valence-corrected chi connectivity index (χ4v) is 4.91. The van der Waals surface area contributed by atoms with Crippen molar-refractivity contribution in [3.05, 3.63) is 24.3 Å². The molecule has 39 heavy (non-hydrogen) atoms. The topological polar surface area (TPSA) is 63.6 Å². The van der Waals surface area contributed by atoms with E-state index < -0.39 is 5.97 Å². The number of carboxylic acid groups (broad SMARTS) is 1. The van der Waals surface area contributed by atoms with E-state index in [9.17, 15) is 9.59 Å². The summed E-state index contributed by atoms with van der Waals surface area (Å²) in [6, 6.07) is 0. The van der Waals surface area contributed by atoms with Crippen LogP contribution in [0.25, 0.3) is 0 Å². The molecule has 1 N–H and O–H groups in total. The fraction of sp³-hybridized carbons (Fsp3) is 0.829. The first-order valence-corrected chi connectivity index (χ1v) is 16.8. The van der Waals surface area contributed by atoms with Gasteiger partial charge < -0.3 is 9.84 Å². The average molecular weight is 549 g/mol. The minimum absolute atomic E-state index is 0.00709. The largest absolute Gasteiger partial charge is 0.481 e. The van der Waals surface area contributed by atoms with E-state index in [1.54, 1.807) is 0 Å². The summed E-state index contributed by atoms with van der Waals surface area (Å²) in [5.74, 6) is -0.689. The van der Waals surface area contributed by atoms with Crippen molar-refractivity contribution in [2.75, 3.05) is 0 Å². The Morgan fingerprint density at radius 2 is 1.05 bits per heavy atom. The molecule has 0 rings (SSSR count). The maximum absolute atomic E-state index is 12.2. The summed E-state index contributed by atoms with van der Waals surface area (Å²) >= 11 is 0. The summed E-state index contributed by atoms with van der Waals surface area (Å²) in [7, 11) is 0. The van der Waals surface area contributed by atoms with E-state index >= 15 is 0 Å². The Bertz CT molecular complexity index is 595. The van der Waals surface area contributed by atoms with Crippen LogP contribution in [0.3, 0.4) is 0 Å². The predicted molar refractivity (Wildman–Crippen MR) is 167 cm³/mol. The normalized spacial score (nSPS) is 12.5. The van der Waals surface area contributed by atoms with Crippen LogP contribution in [0.4, 0.5) is 0 Å². The van der Waals surface area contributed by atoms with E-state index in [2.05, 4.69) is 38.2 Å². The SMILES string of the molecule is CCCCC/C=C\C/C=C\CCCCCCCCCC(=O)OC(CC)CCCCCCCCCCCC(=O)O. The van der Waals surface area contributed by atoms with E-state index in [-0.39, 0.29) is 12.1 Å². The molecule has 1 unspecified atom stereocenters. The second-order valence-corrected chi connectivity index (χ2v) is 11.3. The van der Waals surface area contributed by atoms with Crippen molar-refractivity contribution in [1.29, 1.82) is 0 Å². The summed E-state index contributed by atoms with van der Waals surface area (Å²) in [6.45, 7) is 4.37. The molecule has 228 valence electrons. The molecular formula is C35H64O4. The zero-order chi connectivity index (χ0) is 28.7. The Hall–Kier alpha value is -1.58. The van der Waals surface area contributed by atoms with Crippen molar-refractivity contribution in [1.82, 2.24) is 0 Å². The summed E-state index contributed by atoms with van der Waals surface area (Å²) in [4.78, 5) is 22.7. The van der Waals surface area contributed by atoms with E-state index in [0.717, 1.165) is 57.8 Å². The van der Waals surface area contributed by atoms with Crippen molar-refractivity contribution < 1.29 is 19.4 Å². The number of carbonyl (C=O) groups excluding carboxylic acids is 1. The molecule has 0 aliphatic heterocycles. The number of esters is 1. The number of rotatable bonds is 30. The minimum atomic E-state index is -0.682. The number of hydrogen-bond donors (Lipinski definition) is 1. The monoisotopic (exact) mass is 548 g/mol. The van der Waals surface area contributed by atoms with Gasteiger partial charge in [-0.3, -0.25) is 9.59 Å². The van der Waals surface area contributed by atoms with Gasteiger partial charge in [-0.1, -0.05) is 128 Å². The highest BCUT2D eigenvalue weighted by Crippen LogP contribution is 2.16. The van der Waals surface area contributed by atoms with E-state index in [1.807, 2.05) is 0 Å². The molecule has 0 amide bonds. The van der Waals surface area contributed by atoms with Crippen LogP contribution < -0.4 is 0 Å². The van der Waals surface area contributed by atoms with Gasteiger partial charge >= 0.3 is 11.9 Å². The molecular weight excluding hydrogens is 484 g/mol. The van der Waals surface area contributed by atoms with E-state index in [0.29, 0.717) is 12.8 Å². The third kappa shape index (κ3) is 30.8. The van der Waals surface area contributed by atoms with Crippen LogP contribution >= 0.6 is 0 Å². The predicted octanol–water partition coefficient (Wildman–Crippen LogP) is 11.3.